The van der Waals surface area contributed by atoms with E-state index in [1.807, 2.05) is 24.3 Å². The molecule has 4 amide bonds. The van der Waals surface area contributed by atoms with Gasteiger partial charge in [-0.25, -0.2) is 0 Å². The first-order chi connectivity index (χ1) is 36.8. The van der Waals surface area contributed by atoms with Crippen molar-refractivity contribution in [2.24, 2.45) is 0 Å². The highest BCUT2D eigenvalue weighted by molar-refractivity contribution is 6.43. The Morgan fingerprint density at radius 3 is 0.961 bits per heavy atom. The summed E-state index contributed by atoms with van der Waals surface area (Å²) >= 11 is 0. The number of fused-ring (bicyclic) bond motifs is 6. The molecule has 0 radical (unpaired) electrons. The molecule has 0 atom stereocenters. The molecule has 11 aromatic rings. The third kappa shape index (κ3) is 5.57. The second kappa shape index (κ2) is 15.1. The normalized spacial score (nSPS) is 16.0. The fourth-order valence-electron chi connectivity index (χ4n) is 13.6. The van der Waals surface area contributed by atoms with E-state index in [1.54, 1.807) is 14.1 Å². The first-order valence-corrected chi connectivity index (χ1v) is 25.9. The fraction of sp³-hybridized carbons (Fsp3) is 0.118. The Labute approximate surface area is 439 Å². The Hall–Kier alpha value is -9.40. The number of amides is 4. The summed E-state index contributed by atoms with van der Waals surface area (Å²) in [5, 5.41) is 6.09. The molecule has 76 heavy (non-hydrogen) atoms. The molecule has 0 unspecified atom stereocenters. The Morgan fingerprint density at radius 2 is 0.632 bits per heavy atom. The number of carbonyl (C=O) groups excluding carboxylic acids is 4. The molecule has 0 aliphatic carbocycles. The highest BCUT2D eigenvalue weighted by atomic mass is 16.2. The van der Waals surface area contributed by atoms with Gasteiger partial charge in [0.1, 0.15) is 0 Å². The van der Waals surface area contributed by atoms with Crippen LogP contribution in [0.15, 0.2) is 182 Å². The van der Waals surface area contributed by atoms with Gasteiger partial charge in [0.25, 0.3) is 23.6 Å². The lowest BCUT2D eigenvalue weighted by Crippen LogP contribution is -2.37. The third-order valence-electron chi connectivity index (χ3n) is 17.4. The standard InChI is InChI=1S/C68H48N4O4/c1-67(2)49-15-7-11-19-53(49)71(54-20-12-8-16-50(54)67)39-27-23-37(24-28-39)45-35-47-41-31-34-44-60-58(41)48(42-32-33-43-59(57(42)47)61(45)65(75)69(5)63(43)73)36-46(62(60)66(76)70(6)64(44)74)38-25-29-40(30-26-38)72-55-21-13-9-17-51(55)68(3,4)52-18-10-14-22-56(52)72/h7-36H,1-6H3. The summed E-state index contributed by atoms with van der Waals surface area (Å²) in [5.41, 5.74) is 15.7. The molecule has 11 aromatic carbocycles. The smallest absolute Gasteiger partial charge is 0.261 e. The molecular weight excluding hydrogens is 937 g/mol. The number of carbonyl (C=O) groups is 4. The average Bonchev–Trinajstić information content (AvgIpc) is 3.63. The maximum Gasteiger partial charge on any atom is 0.261 e. The van der Waals surface area contributed by atoms with Gasteiger partial charge in [0.05, 0.1) is 33.9 Å². The lowest BCUT2D eigenvalue weighted by molar-refractivity contribution is 0.0636. The van der Waals surface area contributed by atoms with Crippen LogP contribution in [-0.4, -0.2) is 47.5 Å². The predicted molar refractivity (Wildman–Crippen MR) is 305 cm³/mol. The van der Waals surface area contributed by atoms with Crippen LogP contribution in [0, 0.1) is 0 Å². The topological polar surface area (TPSA) is 81.2 Å². The molecule has 0 bridgehead atoms. The van der Waals surface area contributed by atoms with Gasteiger partial charge >= 0.3 is 0 Å². The third-order valence-corrected chi connectivity index (χ3v) is 17.4. The first-order valence-electron chi connectivity index (χ1n) is 25.9. The molecule has 0 aromatic heterocycles. The van der Waals surface area contributed by atoms with Crippen molar-refractivity contribution in [1.82, 2.24) is 9.80 Å². The Morgan fingerprint density at radius 1 is 0.316 bits per heavy atom. The lowest BCUT2D eigenvalue weighted by atomic mass is 9.73. The molecule has 0 fully saturated rings. The number of hydrogen-bond donors (Lipinski definition) is 0. The van der Waals surface area contributed by atoms with Gasteiger partial charge in [-0.3, -0.25) is 29.0 Å². The Balaban J connectivity index is 0.948. The van der Waals surface area contributed by atoms with E-state index < -0.39 is 0 Å². The zero-order chi connectivity index (χ0) is 51.8. The molecule has 364 valence electrons. The van der Waals surface area contributed by atoms with Gasteiger partial charge in [-0.05, 0) is 150 Å². The summed E-state index contributed by atoms with van der Waals surface area (Å²) in [7, 11) is 3.10. The number of benzene rings is 11. The van der Waals surface area contributed by atoms with E-state index in [-0.39, 0.29) is 34.5 Å². The maximum atomic E-state index is 14.8. The van der Waals surface area contributed by atoms with E-state index in [9.17, 15) is 19.2 Å². The Bertz CT molecular complexity index is 4090. The van der Waals surface area contributed by atoms with Gasteiger partial charge in [0.15, 0.2) is 0 Å². The van der Waals surface area contributed by atoms with Gasteiger partial charge in [0.2, 0.25) is 0 Å². The minimum atomic E-state index is -0.375. The van der Waals surface area contributed by atoms with E-state index in [1.165, 1.54) is 32.1 Å². The minimum Gasteiger partial charge on any atom is -0.310 e. The predicted octanol–water partition coefficient (Wildman–Crippen LogP) is 15.7. The van der Waals surface area contributed by atoms with Crippen LogP contribution >= 0.6 is 0 Å². The van der Waals surface area contributed by atoms with Crippen LogP contribution in [0.4, 0.5) is 34.1 Å². The number of anilines is 6. The number of para-hydroxylation sites is 4. The summed E-state index contributed by atoms with van der Waals surface area (Å²) in [6, 6.07) is 62.7. The van der Waals surface area contributed by atoms with Crippen LogP contribution in [0.5, 0.6) is 0 Å². The summed E-state index contributed by atoms with van der Waals surface area (Å²) in [4.78, 5) is 65.3. The minimum absolute atomic E-state index is 0.211. The van der Waals surface area contributed by atoms with E-state index in [0.29, 0.717) is 44.2 Å². The van der Waals surface area contributed by atoms with Gasteiger partial charge in [-0.15, -0.1) is 0 Å². The molecule has 15 rings (SSSR count). The van der Waals surface area contributed by atoms with Crippen LogP contribution in [0.3, 0.4) is 0 Å². The van der Waals surface area contributed by atoms with Gasteiger partial charge in [0, 0.05) is 58.2 Å². The number of hydrogen-bond acceptors (Lipinski definition) is 6. The van der Waals surface area contributed by atoms with Crippen LogP contribution in [0.1, 0.15) is 91.4 Å². The quantitative estimate of drug-likeness (QED) is 0.0993. The summed E-state index contributed by atoms with van der Waals surface area (Å²) < 4.78 is 0. The lowest BCUT2D eigenvalue weighted by Gasteiger charge is -2.42. The zero-order valence-corrected chi connectivity index (χ0v) is 42.7. The Kier molecular flexibility index (Phi) is 8.77. The average molecular weight is 985 g/mol. The van der Waals surface area contributed by atoms with Crippen molar-refractivity contribution < 1.29 is 19.2 Å². The van der Waals surface area contributed by atoms with Gasteiger partial charge in [-0.2, -0.15) is 0 Å². The molecule has 4 aliphatic heterocycles. The van der Waals surface area contributed by atoms with Crippen molar-refractivity contribution in [3.05, 3.63) is 226 Å². The van der Waals surface area contributed by atoms with Crippen molar-refractivity contribution in [2.45, 2.75) is 38.5 Å². The second-order valence-corrected chi connectivity index (χ2v) is 21.9. The molecule has 8 nitrogen and oxygen atoms in total. The molecule has 8 heteroatoms. The van der Waals surface area contributed by atoms with Crippen molar-refractivity contribution in [3.8, 4) is 22.3 Å². The summed E-state index contributed by atoms with van der Waals surface area (Å²) in [6.07, 6.45) is 0. The highest BCUT2D eigenvalue weighted by Gasteiger charge is 2.41. The van der Waals surface area contributed by atoms with Crippen LogP contribution in [0.25, 0.3) is 65.3 Å². The molecular formula is C68H48N4O4. The van der Waals surface area contributed by atoms with E-state index in [4.69, 9.17) is 0 Å². The van der Waals surface area contributed by atoms with Crippen molar-refractivity contribution in [1.29, 1.82) is 0 Å². The number of rotatable bonds is 4. The first kappa shape index (κ1) is 44.1. The number of imide groups is 2. The van der Waals surface area contributed by atoms with Gasteiger partial charge < -0.3 is 9.80 Å². The molecule has 4 heterocycles. The molecule has 0 spiro atoms. The van der Waals surface area contributed by atoms with Crippen LogP contribution in [0.2, 0.25) is 0 Å². The van der Waals surface area contributed by atoms with Crippen molar-refractivity contribution in [3.63, 3.8) is 0 Å². The van der Waals surface area contributed by atoms with Crippen molar-refractivity contribution >= 4 is 101 Å². The number of nitrogens with zero attached hydrogens (tertiary/aromatic N) is 4. The fourth-order valence-corrected chi connectivity index (χ4v) is 13.6. The summed E-state index contributed by atoms with van der Waals surface area (Å²) in [5.74, 6) is -1.49. The van der Waals surface area contributed by atoms with E-state index >= 15 is 0 Å². The molecule has 0 saturated heterocycles. The maximum absolute atomic E-state index is 14.8. The monoisotopic (exact) mass is 984 g/mol. The van der Waals surface area contributed by atoms with E-state index in [0.717, 1.165) is 77.6 Å². The van der Waals surface area contributed by atoms with E-state index in [2.05, 4.69) is 195 Å². The highest BCUT2D eigenvalue weighted by Crippen LogP contribution is 2.55. The second-order valence-electron chi connectivity index (χ2n) is 21.9. The summed E-state index contributed by atoms with van der Waals surface area (Å²) in [6.45, 7) is 9.09. The zero-order valence-electron chi connectivity index (χ0n) is 42.7. The molecule has 0 N–H and O–H groups in total. The van der Waals surface area contributed by atoms with Gasteiger partial charge in [-0.1, -0.05) is 137 Å². The van der Waals surface area contributed by atoms with Crippen LogP contribution in [-0.2, 0) is 10.8 Å². The SMILES string of the molecule is CN1C(=O)c2ccc3c4cc(-c5ccc(N6c7ccccc7C(C)(C)c7ccccc76)cc5)c5c6c(ccc(c7cc(-c8ccc(N9c%10ccccc%10C(C)(C)c%10ccccc%109)cc8)c(c2c37)C1=O)c64)C(=O)N(C)C5=O. The van der Waals surface area contributed by atoms with Crippen LogP contribution < -0.4 is 9.80 Å². The largest absolute Gasteiger partial charge is 0.310 e. The van der Waals surface area contributed by atoms with Crippen molar-refractivity contribution in [2.75, 3.05) is 23.9 Å². The molecule has 4 aliphatic rings. The molecule has 0 saturated carbocycles.